The molecule has 2 saturated heterocycles. The van der Waals surface area contributed by atoms with Crippen molar-refractivity contribution in [2.24, 2.45) is 0 Å². The Bertz CT molecular complexity index is 1380. The Hall–Kier alpha value is -2.05. The quantitative estimate of drug-likeness (QED) is 0.0206. The summed E-state index contributed by atoms with van der Waals surface area (Å²) in [6.07, 6.45) is 35.9. The molecule has 71 heavy (non-hydrogen) atoms. The van der Waals surface area contributed by atoms with Crippen molar-refractivity contribution in [3.63, 3.8) is 0 Å². The Balaban J connectivity index is 1.80. The minimum absolute atomic E-state index is 0.256. The smallest absolute Gasteiger partial charge is 0.220 e. The average Bonchev–Trinajstić information content (AvgIpc) is 3.37. The minimum Gasteiger partial charge on any atom is -0.394 e. The van der Waals surface area contributed by atoms with Crippen LogP contribution >= 0.6 is 0 Å². The first kappa shape index (κ1) is 65.1. The van der Waals surface area contributed by atoms with Gasteiger partial charge < -0.3 is 65.1 Å². The van der Waals surface area contributed by atoms with Crippen molar-refractivity contribution in [3.05, 3.63) is 48.6 Å². The van der Waals surface area contributed by atoms with Crippen molar-refractivity contribution in [2.75, 3.05) is 19.8 Å². The lowest BCUT2D eigenvalue weighted by Gasteiger charge is -2.46. The molecule has 0 saturated carbocycles. The number of rotatable bonds is 44. The molecule has 2 aliphatic rings. The molecule has 1 amide bonds. The van der Waals surface area contributed by atoms with Crippen molar-refractivity contribution >= 4 is 5.91 Å². The Morgan fingerprint density at radius 3 is 1.51 bits per heavy atom. The van der Waals surface area contributed by atoms with Crippen molar-refractivity contribution in [2.45, 2.75) is 286 Å². The van der Waals surface area contributed by atoms with Gasteiger partial charge in [0.1, 0.15) is 48.8 Å². The van der Waals surface area contributed by atoms with Crippen molar-refractivity contribution in [1.29, 1.82) is 0 Å². The Kier molecular flexibility index (Phi) is 39.6. The second-order valence-corrected chi connectivity index (χ2v) is 20.1. The second-order valence-electron chi connectivity index (χ2n) is 20.1. The summed E-state index contributed by atoms with van der Waals surface area (Å²) >= 11 is 0. The van der Waals surface area contributed by atoms with Gasteiger partial charge >= 0.3 is 0 Å². The molecule has 2 fully saturated rings. The maximum Gasteiger partial charge on any atom is 0.220 e. The summed E-state index contributed by atoms with van der Waals surface area (Å²) in [6, 6.07) is -0.939. The highest BCUT2D eigenvalue weighted by molar-refractivity contribution is 5.76. The molecule has 0 aromatic heterocycles. The molecular weight excluding hydrogens is 907 g/mol. The van der Waals surface area contributed by atoms with Gasteiger partial charge in [-0.3, -0.25) is 4.79 Å². The summed E-state index contributed by atoms with van der Waals surface area (Å²) in [5.41, 5.74) is 0. The van der Waals surface area contributed by atoms with E-state index in [0.717, 1.165) is 57.8 Å². The monoisotopic (exact) mass is 1010 g/mol. The number of carbonyl (C=O) groups is 1. The highest BCUT2D eigenvalue weighted by Crippen LogP contribution is 2.30. The van der Waals surface area contributed by atoms with E-state index in [1.165, 1.54) is 122 Å². The molecule has 12 atom stereocenters. The molecule has 0 radical (unpaired) electrons. The van der Waals surface area contributed by atoms with Gasteiger partial charge in [-0.25, -0.2) is 0 Å². The number of carbonyl (C=O) groups excluding carboxylic acids is 1. The van der Waals surface area contributed by atoms with Crippen LogP contribution in [0.3, 0.4) is 0 Å². The highest BCUT2D eigenvalue weighted by atomic mass is 16.7. The van der Waals surface area contributed by atoms with Crippen LogP contribution in [0.15, 0.2) is 48.6 Å². The molecule has 14 nitrogen and oxygen atoms in total. The lowest BCUT2D eigenvalue weighted by molar-refractivity contribution is -0.359. The van der Waals surface area contributed by atoms with E-state index in [1.807, 2.05) is 6.08 Å². The Morgan fingerprint density at radius 1 is 0.507 bits per heavy atom. The van der Waals surface area contributed by atoms with Crippen LogP contribution in [0.1, 0.15) is 213 Å². The van der Waals surface area contributed by atoms with Crippen molar-refractivity contribution in [3.8, 4) is 0 Å². The fraction of sp³-hybridized carbons (Fsp3) is 0.842. The SMILES string of the molecule is CCCC/C=C\C/C=C\CCCCCCCC(=O)NC(COC1OC(CO)C(OC2OC(CO)C(O)C(O)C2O)C(O)C1O)C(O)/C=C/CC/C=C/CCCCCCCCCCCCCCCCCCC. The van der Waals surface area contributed by atoms with E-state index in [9.17, 15) is 45.6 Å². The third kappa shape index (κ3) is 29.6. The summed E-state index contributed by atoms with van der Waals surface area (Å²) < 4.78 is 22.7. The predicted molar refractivity (Wildman–Crippen MR) is 281 cm³/mol. The topological polar surface area (TPSA) is 228 Å². The number of nitrogens with one attached hydrogen (secondary N) is 1. The average molecular weight is 1010 g/mol. The zero-order valence-corrected chi connectivity index (χ0v) is 44.2. The number of hydrogen-bond acceptors (Lipinski definition) is 13. The molecule has 2 aliphatic heterocycles. The van der Waals surface area contributed by atoms with Crippen LogP contribution in [0.25, 0.3) is 0 Å². The van der Waals surface area contributed by atoms with Crippen LogP contribution < -0.4 is 5.32 Å². The van der Waals surface area contributed by atoms with Gasteiger partial charge in [-0.15, -0.1) is 0 Å². The largest absolute Gasteiger partial charge is 0.394 e. The molecule has 414 valence electrons. The number of unbranched alkanes of at least 4 members (excludes halogenated alkanes) is 25. The maximum absolute atomic E-state index is 13.2. The normalized spacial score (nSPS) is 26.1. The van der Waals surface area contributed by atoms with Crippen molar-refractivity contribution < 1.29 is 64.6 Å². The summed E-state index contributed by atoms with van der Waals surface area (Å²) in [6.45, 7) is 2.73. The number of ether oxygens (including phenoxy) is 4. The fourth-order valence-electron chi connectivity index (χ4n) is 9.09. The van der Waals surface area contributed by atoms with E-state index in [-0.39, 0.29) is 18.9 Å². The van der Waals surface area contributed by atoms with Crippen LogP contribution in [0.2, 0.25) is 0 Å². The molecule has 2 rings (SSSR count). The second kappa shape index (κ2) is 43.2. The predicted octanol–water partition coefficient (Wildman–Crippen LogP) is 8.83. The molecule has 0 aliphatic carbocycles. The van der Waals surface area contributed by atoms with E-state index >= 15 is 0 Å². The van der Waals surface area contributed by atoms with Crippen LogP contribution in [-0.4, -0.2) is 140 Å². The molecule has 9 N–H and O–H groups in total. The fourth-order valence-corrected chi connectivity index (χ4v) is 9.09. The number of aliphatic hydroxyl groups excluding tert-OH is 8. The molecule has 0 bridgehead atoms. The van der Waals surface area contributed by atoms with Crippen LogP contribution in [0.4, 0.5) is 0 Å². The summed E-state index contributed by atoms with van der Waals surface area (Å²) in [7, 11) is 0. The molecule has 0 aromatic carbocycles. The van der Waals surface area contributed by atoms with Gasteiger partial charge in [0.2, 0.25) is 5.91 Å². The standard InChI is InChI=1S/C57H103NO13/c1-3-5-7-9-11-13-15-17-19-20-21-22-23-24-25-26-27-28-30-32-34-36-38-40-46(61)45(58-49(62)41-39-37-35-33-31-29-18-16-14-12-10-8-6-4-2)44-68-56-54(67)52(65)55(48(43-60)70-56)71-57-53(66)51(64)50(63)47(42-59)69-57/h10,12,16,18,30,32,38,40,45-48,50-57,59-61,63-67H,3-9,11,13-15,17,19-29,31,33-37,39,41-44H2,1-2H3,(H,58,62)/b12-10-,18-16-,32-30+,40-38+. The Labute approximate surface area is 429 Å². The summed E-state index contributed by atoms with van der Waals surface area (Å²) in [5.74, 6) is -0.264. The molecule has 0 aromatic rings. The van der Waals surface area contributed by atoms with Crippen LogP contribution in [-0.2, 0) is 23.7 Å². The van der Waals surface area contributed by atoms with E-state index < -0.39 is 86.8 Å². The van der Waals surface area contributed by atoms with Crippen LogP contribution in [0, 0.1) is 0 Å². The van der Waals surface area contributed by atoms with Gasteiger partial charge in [0.15, 0.2) is 12.6 Å². The maximum atomic E-state index is 13.2. The lowest BCUT2D eigenvalue weighted by Crippen LogP contribution is -2.65. The molecule has 12 unspecified atom stereocenters. The van der Waals surface area contributed by atoms with E-state index in [0.29, 0.717) is 12.8 Å². The molecule has 2 heterocycles. The van der Waals surface area contributed by atoms with Crippen LogP contribution in [0.5, 0.6) is 0 Å². The van der Waals surface area contributed by atoms with Gasteiger partial charge in [0, 0.05) is 6.42 Å². The van der Waals surface area contributed by atoms with Gasteiger partial charge in [0.05, 0.1) is 32.0 Å². The number of hydrogen-bond donors (Lipinski definition) is 9. The minimum atomic E-state index is -1.79. The van der Waals surface area contributed by atoms with Gasteiger partial charge in [-0.05, 0) is 57.8 Å². The third-order valence-corrected chi connectivity index (χ3v) is 13.7. The zero-order chi connectivity index (χ0) is 51.7. The van der Waals surface area contributed by atoms with Gasteiger partial charge in [-0.1, -0.05) is 197 Å². The molecule has 0 spiro atoms. The van der Waals surface area contributed by atoms with Gasteiger partial charge in [-0.2, -0.15) is 0 Å². The number of aliphatic hydroxyl groups is 8. The summed E-state index contributed by atoms with van der Waals surface area (Å²) in [5, 5.41) is 86.9. The van der Waals surface area contributed by atoms with E-state index in [1.54, 1.807) is 6.08 Å². The Morgan fingerprint density at radius 2 is 0.958 bits per heavy atom. The third-order valence-electron chi connectivity index (χ3n) is 13.7. The highest BCUT2D eigenvalue weighted by Gasteiger charge is 2.51. The first-order valence-corrected chi connectivity index (χ1v) is 28.4. The zero-order valence-electron chi connectivity index (χ0n) is 44.2. The number of allylic oxidation sites excluding steroid dienone is 7. The van der Waals surface area contributed by atoms with Crippen molar-refractivity contribution in [1.82, 2.24) is 5.32 Å². The molecular formula is C57H103NO13. The molecule has 14 heteroatoms. The van der Waals surface area contributed by atoms with Gasteiger partial charge in [0.25, 0.3) is 0 Å². The first-order chi connectivity index (χ1) is 34.6. The van der Waals surface area contributed by atoms with E-state index in [2.05, 4.69) is 55.6 Å². The van der Waals surface area contributed by atoms with E-state index in [4.69, 9.17) is 18.9 Å². The number of amides is 1. The summed E-state index contributed by atoms with van der Waals surface area (Å²) in [4.78, 5) is 13.2. The first-order valence-electron chi connectivity index (χ1n) is 28.4. The lowest BCUT2D eigenvalue weighted by atomic mass is 9.97.